The molecule has 0 aliphatic rings. The standard InChI is InChI=1S/C18H19FN2O/c1-12-10-13(2)17(14(3)11-12)21-18(22)20-9-8-15-4-6-16(19)7-5-15/h4-11H,1-3H3,(H2,20,21,22)/b9-8+. The fourth-order valence-corrected chi connectivity index (χ4v) is 2.31. The second-order valence-corrected chi connectivity index (χ2v) is 5.26. The van der Waals surface area contributed by atoms with Gasteiger partial charge >= 0.3 is 6.03 Å². The summed E-state index contributed by atoms with van der Waals surface area (Å²) in [5, 5.41) is 5.48. The Morgan fingerprint density at radius 1 is 1.05 bits per heavy atom. The number of hydrogen-bond acceptors (Lipinski definition) is 1. The van der Waals surface area contributed by atoms with Crippen molar-refractivity contribution in [3.05, 3.63) is 70.7 Å². The summed E-state index contributed by atoms with van der Waals surface area (Å²) in [7, 11) is 0. The predicted octanol–water partition coefficient (Wildman–Crippen LogP) is 4.54. The SMILES string of the molecule is Cc1cc(C)c(NC(=O)N/C=C/c2ccc(F)cc2)c(C)c1. The highest BCUT2D eigenvalue weighted by Gasteiger charge is 2.06. The van der Waals surface area contributed by atoms with E-state index in [4.69, 9.17) is 0 Å². The van der Waals surface area contributed by atoms with E-state index in [2.05, 4.69) is 10.6 Å². The third-order valence-corrected chi connectivity index (χ3v) is 3.28. The molecule has 0 heterocycles. The first-order valence-corrected chi connectivity index (χ1v) is 7.03. The Hall–Kier alpha value is -2.62. The molecule has 2 rings (SSSR count). The molecule has 3 nitrogen and oxygen atoms in total. The lowest BCUT2D eigenvalue weighted by Crippen LogP contribution is -2.24. The van der Waals surface area contributed by atoms with E-state index in [9.17, 15) is 9.18 Å². The van der Waals surface area contributed by atoms with Gasteiger partial charge in [-0.2, -0.15) is 0 Å². The molecule has 0 atom stereocenters. The van der Waals surface area contributed by atoms with Crippen LogP contribution in [0.3, 0.4) is 0 Å². The monoisotopic (exact) mass is 298 g/mol. The van der Waals surface area contributed by atoms with Gasteiger partial charge in [-0.15, -0.1) is 0 Å². The smallest absolute Gasteiger partial charge is 0.314 e. The van der Waals surface area contributed by atoms with E-state index < -0.39 is 0 Å². The van der Waals surface area contributed by atoms with Gasteiger partial charge in [-0.25, -0.2) is 9.18 Å². The van der Waals surface area contributed by atoms with Gasteiger partial charge in [0.05, 0.1) is 0 Å². The second-order valence-electron chi connectivity index (χ2n) is 5.26. The van der Waals surface area contributed by atoms with E-state index in [0.717, 1.165) is 27.9 Å². The van der Waals surface area contributed by atoms with Crippen molar-refractivity contribution in [2.45, 2.75) is 20.8 Å². The lowest BCUT2D eigenvalue weighted by atomic mass is 10.1. The van der Waals surface area contributed by atoms with Gasteiger partial charge in [-0.1, -0.05) is 29.8 Å². The third-order valence-electron chi connectivity index (χ3n) is 3.28. The van der Waals surface area contributed by atoms with Gasteiger partial charge in [0, 0.05) is 11.9 Å². The summed E-state index contributed by atoms with van der Waals surface area (Å²) in [5.74, 6) is -0.284. The Bertz CT molecular complexity index is 683. The summed E-state index contributed by atoms with van der Waals surface area (Å²) in [6.07, 6.45) is 3.23. The Balaban J connectivity index is 1.97. The van der Waals surface area contributed by atoms with E-state index in [1.165, 1.54) is 18.3 Å². The number of anilines is 1. The molecule has 0 aromatic heterocycles. The zero-order valence-electron chi connectivity index (χ0n) is 12.9. The Morgan fingerprint density at radius 3 is 2.23 bits per heavy atom. The molecule has 114 valence electrons. The van der Waals surface area contributed by atoms with Gasteiger partial charge in [-0.3, -0.25) is 0 Å². The van der Waals surface area contributed by atoms with Crippen molar-refractivity contribution < 1.29 is 9.18 Å². The molecule has 0 unspecified atom stereocenters. The number of urea groups is 1. The number of rotatable bonds is 3. The van der Waals surface area contributed by atoms with Crippen molar-refractivity contribution in [1.82, 2.24) is 5.32 Å². The number of nitrogens with one attached hydrogen (secondary N) is 2. The first-order valence-electron chi connectivity index (χ1n) is 7.03. The number of benzene rings is 2. The molecule has 2 aromatic carbocycles. The second kappa shape index (κ2) is 6.89. The average molecular weight is 298 g/mol. The average Bonchev–Trinajstić information content (AvgIpc) is 2.45. The van der Waals surface area contributed by atoms with Crippen LogP contribution in [0.15, 0.2) is 42.6 Å². The lowest BCUT2D eigenvalue weighted by Gasteiger charge is -2.12. The highest BCUT2D eigenvalue weighted by molar-refractivity contribution is 5.92. The van der Waals surface area contributed by atoms with Crippen LogP contribution in [0.25, 0.3) is 6.08 Å². The van der Waals surface area contributed by atoms with Gasteiger partial charge < -0.3 is 10.6 Å². The molecule has 0 saturated heterocycles. The number of amides is 2. The quantitative estimate of drug-likeness (QED) is 0.858. The predicted molar refractivity (Wildman–Crippen MR) is 88.2 cm³/mol. The molecule has 0 spiro atoms. The van der Waals surface area contributed by atoms with E-state index in [1.54, 1.807) is 18.2 Å². The molecule has 22 heavy (non-hydrogen) atoms. The Labute approximate surface area is 129 Å². The molecule has 0 radical (unpaired) electrons. The Morgan fingerprint density at radius 2 is 1.64 bits per heavy atom. The van der Waals surface area contributed by atoms with Crippen LogP contribution < -0.4 is 10.6 Å². The minimum absolute atomic E-state index is 0.284. The summed E-state index contributed by atoms with van der Waals surface area (Å²) in [6, 6.07) is 9.76. The fourth-order valence-electron chi connectivity index (χ4n) is 2.31. The number of halogens is 1. The van der Waals surface area contributed by atoms with E-state index in [1.807, 2.05) is 32.9 Å². The van der Waals surface area contributed by atoms with Gasteiger partial charge in [0.25, 0.3) is 0 Å². The molecular formula is C18H19FN2O. The van der Waals surface area contributed by atoms with Crippen LogP contribution in [0.1, 0.15) is 22.3 Å². The maximum Gasteiger partial charge on any atom is 0.323 e. The number of carbonyl (C=O) groups is 1. The molecule has 0 aliphatic carbocycles. The van der Waals surface area contributed by atoms with Crippen molar-refractivity contribution in [1.29, 1.82) is 0 Å². The molecule has 0 saturated carbocycles. The number of aryl methyl sites for hydroxylation is 3. The van der Waals surface area contributed by atoms with Crippen LogP contribution in [-0.2, 0) is 0 Å². The zero-order valence-corrected chi connectivity index (χ0v) is 12.9. The minimum Gasteiger partial charge on any atom is -0.314 e. The van der Waals surface area contributed by atoms with E-state index in [-0.39, 0.29) is 11.8 Å². The van der Waals surface area contributed by atoms with Crippen molar-refractivity contribution in [3.63, 3.8) is 0 Å². The summed E-state index contributed by atoms with van der Waals surface area (Å²) >= 11 is 0. The largest absolute Gasteiger partial charge is 0.323 e. The van der Waals surface area contributed by atoms with Crippen LogP contribution in [0.4, 0.5) is 14.9 Å². The molecule has 2 N–H and O–H groups in total. The van der Waals surface area contributed by atoms with E-state index >= 15 is 0 Å². The molecule has 2 aromatic rings. The van der Waals surface area contributed by atoms with Crippen LogP contribution >= 0.6 is 0 Å². The van der Waals surface area contributed by atoms with Crippen molar-refractivity contribution in [2.75, 3.05) is 5.32 Å². The molecule has 0 bridgehead atoms. The van der Waals surface area contributed by atoms with Crippen molar-refractivity contribution >= 4 is 17.8 Å². The van der Waals surface area contributed by atoms with Gasteiger partial charge in [-0.05, 0) is 55.7 Å². The van der Waals surface area contributed by atoms with Crippen LogP contribution in [-0.4, -0.2) is 6.03 Å². The van der Waals surface area contributed by atoms with Gasteiger partial charge in [0.2, 0.25) is 0 Å². The van der Waals surface area contributed by atoms with Crippen LogP contribution in [0.5, 0.6) is 0 Å². The number of carbonyl (C=O) groups excluding carboxylic acids is 1. The molecule has 2 amide bonds. The topological polar surface area (TPSA) is 41.1 Å². The first kappa shape index (κ1) is 15.8. The van der Waals surface area contributed by atoms with E-state index in [0.29, 0.717) is 0 Å². The zero-order chi connectivity index (χ0) is 16.1. The molecular weight excluding hydrogens is 279 g/mol. The maximum absolute atomic E-state index is 12.8. The normalized spacial score (nSPS) is 10.7. The first-order chi connectivity index (χ1) is 10.5. The van der Waals surface area contributed by atoms with Crippen molar-refractivity contribution in [3.8, 4) is 0 Å². The minimum atomic E-state index is -0.312. The van der Waals surface area contributed by atoms with Crippen molar-refractivity contribution in [2.24, 2.45) is 0 Å². The highest BCUT2D eigenvalue weighted by atomic mass is 19.1. The molecule has 4 heteroatoms. The van der Waals surface area contributed by atoms with Crippen LogP contribution in [0.2, 0.25) is 0 Å². The summed E-state index contributed by atoms with van der Waals surface area (Å²) in [6.45, 7) is 5.95. The maximum atomic E-state index is 12.8. The Kier molecular flexibility index (Phi) is 4.94. The molecule has 0 aliphatic heterocycles. The third kappa shape index (κ3) is 4.19. The fraction of sp³-hybridized carbons (Fsp3) is 0.167. The van der Waals surface area contributed by atoms with Gasteiger partial charge in [0.1, 0.15) is 5.82 Å². The lowest BCUT2D eigenvalue weighted by molar-refractivity contribution is 0.255. The summed E-state index contributed by atoms with van der Waals surface area (Å²) in [4.78, 5) is 11.9. The van der Waals surface area contributed by atoms with Gasteiger partial charge in [0.15, 0.2) is 0 Å². The van der Waals surface area contributed by atoms with Crippen LogP contribution in [0, 0.1) is 26.6 Å². The summed E-state index contributed by atoms with van der Waals surface area (Å²) in [5.41, 5.74) is 4.84. The molecule has 0 fully saturated rings. The highest BCUT2D eigenvalue weighted by Crippen LogP contribution is 2.21. The summed E-state index contributed by atoms with van der Waals surface area (Å²) < 4.78 is 12.8. The number of hydrogen-bond donors (Lipinski definition) is 2.